The van der Waals surface area contributed by atoms with Crippen LogP contribution in [0.1, 0.15) is 36.2 Å². The summed E-state index contributed by atoms with van der Waals surface area (Å²) in [5.74, 6) is 2.02. The number of anilines is 1. The number of hydrogen-bond donors (Lipinski definition) is 1. The Hall–Kier alpha value is -1.65. The van der Waals surface area contributed by atoms with Crippen molar-refractivity contribution in [1.29, 1.82) is 0 Å². The Kier molecular flexibility index (Phi) is 3.12. The summed E-state index contributed by atoms with van der Waals surface area (Å²) >= 11 is 0. The highest BCUT2D eigenvalue weighted by atomic mass is 16.4. The van der Waals surface area contributed by atoms with Crippen molar-refractivity contribution >= 4 is 11.9 Å². The van der Waals surface area contributed by atoms with Crippen LogP contribution < -0.4 is 4.90 Å². The second-order valence-electron chi connectivity index (χ2n) is 5.86. The molecule has 0 radical (unpaired) electrons. The lowest BCUT2D eigenvalue weighted by Gasteiger charge is -2.27. The molecule has 1 heterocycles. The first kappa shape index (κ1) is 12.4. The van der Waals surface area contributed by atoms with Gasteiger partial charge in [0, 0.05) is 19.8 Å². The fourth-order valence-electron chi connectivity index (χ4n) is 3.68. The lowest BCUT2D eigenvalue weighted by atomic mass is 9.88. The van der Waals surface area contributed by atoms with Crippen LogP contribution in [0.25, 0.3) is 0 Å². The average Bonchev–Trinajstić information content (AvgIpc) is 3.01. The molecular weight excluding hydrogens is 242 g/mol. The van der Waals surface area contributed by atoms with Crippen molar-refractivity contribution < 1.29 is 9.90 Å². The van der Waals surface area contributed by atoms with E-state index >= 15 is 0 Å². The van der Waals surface area contributed by atoms with Gasteiger partial charge in [0.25, 0.3) is 0 Å². The lowest BCUT2D eigenvalue weighted by molar-refractivity contribution is 0.0690. The van der Waals surface area contributed by atoms with Gasteiger partial charge in [-0.05, 0) is 43.1 Å². The van der Waals surface area contributed by atoms with Crippen LogP contribution in [0.3, 0.4) is 0 Å². The van der Waals surface area contributed by atoms with Gasteiger partial charge in [0.05, 0.1) is 0 Å². The lowest BCUT2D eigenvalue weighted by Crippen LogP contribution is -2.30. The molecule has 1 aromatic rings. The van der Waals surface area contributed by atoms with Crippen LogP contribution in [0.4, 0.5) is 5.95 Å². The maximum absolute atomic E-state index is 10.9. The van der Waals surface area contributed by atoms with Crippen LogP contribution >= 0.6 is 0 Å². The highest BCUT2D eigenvalue weighted by Gasteiger charge is 2.39. The maximum Gasteiger partial charge on any atom is 0.354 e. The predicted octanol–water partition coefficient (Wildman–Crippen LogP) is 2.05. The molecule has 1 aromatic heterocycles. The Morgan fingerprint density at radius 3 is 2.95 bits per heavy atom. The van der Waals surface area contributed by atoms with Crippen molar-refractivity contribution in [3.8, 4) is 0 Å². The van der Waals surface area contributed by atoms with E-state index in [1.54, 1.807) is 0 Å². The van der Waals surface area contributed by atoms with Crippen molar-refractivity contribution in [2.45, 2.75) is 25.7 Å². The minimum Gasteiger partial charge on any atom is -0.477 e. The van der Waals surface area contributed by atoms with Gasteiger partial charge in [-0.3, -0.25) is 0 Å². The van der Waals surface area contributed by atoms with E-state index < -0.39 is 5.97 Å². The molecule has 0 amide bonds. The van der Waals surface area contributed by atoms with E-state index in [1.165, 1.54) is 37.9 Å². The number of hydrogen-bond acceptors (Lipinski definition) is 4. The Morgan fingerprint density at radius 2 is 2.32 bits per heavy atom. The van der Waals surface area contributed by atoms with E-state index in [2.05, 4.69) is 9.97 Å². The summed E-state index contributed by atoms with van der Waals surface area (Å²) in [6, 6.07) is 1.43. The number of aromatic nitrogens is 2. The Morgan fingerprint density at radius 1 is 1.47 bits per heavy atom. The van der Waals surface area contributed by atoms with Crippen molar-refractivity contribution in [2.24, 2.45) is 17.8 Å². The van der Waals surface area contributed by atoms with E-state index in [0.717, 1.165) is 24.3 Å². The van der Waals surface area contributed by atoms with Crippen molar-refractivity contribution in [1.82, 2.24) is 9.97 Å². The normalized spacial score (nSPS) is 28.6. The third kappa shape index (κ3) is 2.41. The van der Waals surface area contributed by atoms with Crippen molar-refractivity contribution in [3.63, 3.8) is 0 Å². The fraction of sp³-hybridized carbons (Fsp3) is 0.643. The third-order valence-corrected chi connectivity index (χ3v) is 4.60. The van der Waals surface area contributed by atoms with Crippen molar-refractivity contribution in [2.75, 3.05) is 18.5 Å². The quantitative estimate of drug-likeness (QED) is 0.898. The largest absolute Gasteiger partial charge is 0.477 e. The molecule has 0 aromatic carbocycles. The molecule has 0 aliphatic heterocycles. The van der Waals surface area contributed by atoms with Crippen LogP contribution in [0.15, 0.2) is 12.3 Å². The average molecular weight is 261 g/mol. The van der Waals surface area contributed by atoms with Gasteiger partial charge in [0.1, 0.15) is 0 Å². The molecule has 0 spiro atoms. The second kappa shape index (κ2) is 4.79. The van der Waals surface area contributed by atoms with Crippen LogP contribution in [-0.4, -0.2) is 34.6 Å². The smallest absolute Gasteiger partial charge is 0.354 e. The zero-order valence-corrected chi connectivity index (χ0v) is 11.1. The number of fused-ring (bicyclic) bond motifs is 2. The summed E-state index contributed by atoms with van der Waals surface area (Å²) in [5.41, 5.74) is 0.0600. The third-order valence-electron chi connectivity index (χ3n) is 4.60. The minimum absolute atomic E-state index is 0.0600. The fourth-order valence-corrected chi connectivity index (χ4v) is 3.68. The maximum atomic E-state index is 10.9. The molecule has 3 unspecified atom stereocenters. The van der Waals surface area contributed by atoms with Gasteiger partial charge in [0.2, 0.25) is 5.95 Å². The molecule has 3 rings (SSSR count). The summed E-state index contributed by atoms with van der Waals surface area (Å²) in [6.45, 7) is 0.935. The summed E-state index contributed by atoms with van der Waals surface area (Å²) in [7, 11) is 1.95. The molecule has 102 valence electrons. The molecule has 2 saturated carbocycles. The van der Waals surface area contributed by atoms with Gasteiger partial charge in [-0.15, -0.1) is 0 Å². The zero-order chi connectivity index (χ0) is 13.4. The van der Waals surface area contributed by atoms with E-state index in [-0.39, 0.29) is 5.69 Å². The molecule has 5 heteroatoms. The van der Waals surface area contributed by atoms with Crippen LogP contribution in [-0.2, 0) is 0 Å². The Balaban J connectivity index is 1.68. The van der Waals surface area contributed by atoms with Crippen LogP contribution in [0.5, 0.6) is 0 Å². The topological polar surface area (TPSA) is 66.3 Å². The molecule has 3 atom stereocenters. The van der Waals surface area contributed by atoms with E-state index in [4.69, 9.17) is 5.11 Å². The van der Waals surface area contributed by atoms with E-state index in [1.807, 2.05) is 11.9 Å². The first-order chi connectivity index (χ1) is 9.13. The molecule has 2 aliphatic rings. The van der Waals surface area contributed by atoms with Gasteiger partial charge in [-0.2, -0.15) is 0 Å². The number of carboxylic acid groups (broad SMARTS) is 1. The second-order valence-corrected chi connectivity index (χ2v) is 5.86. The Bertz CT molecular complexity index is 491. The first-order valence-electron chi connectivity index (χ1n) is 6.91. The zero-order valence-electron chi connectivity index (χ0n) is 11.1. The number of nitrogens with zero attached hydrogens (tertiary/aromatic N) is 3. The Labute approximate surface area is 112 Å². The summed E-state index contributed by atoms with van der Waals surface area (Å²) in [6.07, 6.45) is 6.97. The number of rotatable bonds is 4. The van der Waals surface area contributed by atoms with Gasteiger partial charge < -0.3 is 10.0 Å². The summed E-state index contributed by atoms with van der Waals surface area (Å²) in [5, 5.41) is 8.95. The first-order valence-corrected chi connectivity index (χ1v) is 6.91. The molecule has 2 bridgehead atoms. The number of aromatic carboxylic acids is 1. The molecule has 19 heavy (non-hydrogen) atoms. The van der Waals surface area contributed by atoms with Gasteiger partial charge in [0.15, 0.2) is 5.69 Å². The molecule has 1 N–H and O–H groups in total. The number of carboxylic acids is 1. The predicted molar refractivity (Wildman–Crippen MR) is 71.2 cm³/mol. The summed E-state index contributed by atoms with van der Waals surface area (Å²) < 4.78 is 0. The monoisotopic (exact) mass is 261 g/mol. The van der Waals surface area contributed by atoms with Crippen LogP contribution in [0.2, 0.25) is 0 Å². The van der Waals surface area contributed by atoms with Crippen molar-refractivity contribution in [3.05, 3.63) is 18.0 Å². The van der Waals surface area contributed by atoms with Gasteiger partial charge in [-0.1, -0.05) is 6.42 Å². The van der Waals surface area contributed by atoms with E-state index in [0.29, 0.717) is 5.95 Å². The standard InChI is InChI=1S/C14H19N3O2/c1-17(8-11-7-9-2-3-10(11)6-9)14-15-5-4-12(16-14)13(18)19/h4-5,9-11H,2-3,6-8H2,1H3,(H,18,19). The number of carbonyl (C=O) groups is 1. The molecule has 2 aliphatic carbocycles. The van der Waals surface area contributed by atoms with Gasteiger partial charge >= 0.3 is 5.97 Å². The SMILES string of the molecule is CN(CC1CC2CCC1C2)c1nccc(C(=O)O)n1. The highest BCUT2D eigenvalue weighted by molar-refractivity contribution is 5.85. The molecule has 5 nitrogen and oxygen atoms in total. The van der Waals surface area contributed by atoms with Crippen LogP contribution in [0, 0.1) is 17.8 Å². The molecule has 2 fully saturated rings. The van der Waals surface area contributed by atoms with E-state index in [9.17, 15) is 4.79 Å². The molecule has 0 saturated heterocycles. The summed E-state index contributed by atoms with van der Waals surface area (Å²) in [4.78, 5) is 21.2. The molecular formula is C14H19N3O2. The highest BCUT2D eigenvalue weighted by Crippen LogP contribution is 2.48. The van der Waals surface area contributed by atoms with Gasteiger partial charge in [-0.25, -0.2) is 14.8 Å². The minimum atomic E-state index is -1.00.